The average molecular weight is 329 g/mol. The van der Waals surface area contributed by atoms with Crippen LogP contribution in [-0.2, 0) is 9.59 Å². The number of thioether (sulfide) groups is 1. The van der Waals surface area contributed by atoms with Gasteiger partial charge in [0.15, 0.2) is 0 Å². The minimum absolute atomic E-state index is 0.0269. The standard InChI is InChI=1S/C13H23N5O3S/c1-5-9(18(3)4)12-16-17-13(21-12)22-8-11(20)15-7-10(19)14-6-2/h9H,5-8H2,1-4H3,(H,14,19)(H,15,20)/t9-/m1/s1. The van der Waals surface area contributed by atoms with Crippen molar-refractivity contribution in [3.8, 4) is 0 Å². The van der Waals surface area contributed by atoms with E-state index in [2.05, 4.69) is 20.8 Å². The van der Waals surface area contributed by atoms with Crippen molar-refractivity contribution >= 4 is 23.6 Å². The minimum atomic E-state index is -0.254. The first-order valence-corrected chi connectivity index (χ1v) is 8.12. The molecule has 1 heterocycles. The van der Waals surface area contributed by atoms with Crippen LogP contribution >= 0.6 is 11.8 Å². The lowest BCUT2D eigenvalue weighted by Crippen LogP contribution is -2.37. The molecule has 0 saturated carbocycles. The van der Waals surface area contributed by atoms with E-state index in [1.807, 2.05) is 32.8 Å². The van der Waals surface area contributed by atoms with E-state index in [1.165, 1.54) is 0 Å². The minimum Gasteiger partial charge on any atom is -0.414 e. The fraction of sp³-hybridized carbons (Fsp3) is 0.692. The first kappa shape index (κ1) is 18.4. The van der Waals surface area contributed by atoms with Crippen molar-refractivity contribution in [1.82, 2.24) is 25.7 Å². The van der Waals surface area contributed by atoms with Crippen molar-refractivity contribution < 1.29 is 14.0 Å². The van der Waals surface area contributed by atoms with Gasteiger partial charge in [0.05, 0.1) is 18.3 Å². The number of amides is 2. The van der Waals surface area contributed by atoms with Crippen LogP contribution in [0.15, 0.2) is 9.64 Å². The van der Waals surface area contributed by atoms with Crippen LogP contribution in [0.2, 0.25) is 0 Å². The molecule has 0 spiro atoms. The second-order valence-corrected chi connectivity index (χ2v) is 5.74. The van der Waals surface area contributed by atoms with Crippen molar-refractivity contribution in [3.63, 3.8) is 0 Å². The Bertz CT molecular complexity index is 492. The van der Waals surface area contributed by atoms with Gasteiger partial charge in [-0.3, -0.25) is 14.5 Å². The monoisotopic (exact) mass is 329 g/mol. The summed E-state index contributed by atoms with van der Waals surface area (Å²) in [6.07, 6.45) is 0.853. The molecule has 124 valence electrons. The molecule has 0 fully saturated rings. The molecular formula is C13H23N5O3S. The van der Waals surface area contributed by atoms with Crippen LogP contribution in [0.25, 0.3) is 0 Å². The van der Waals surface area contributed by atoms with E-state index in [4.69, 9.17) is 4.42 Å². The van der Waals surface area contributed by atoms with Crippen molar-refractivity contribution in [1.29, 1.82) is 0 Å². The Hall–Kier alpha value is -1.61. The number of carbonyl (C=O) groups excluding carboxylic acids is 2. The van der Waals surface area contributed by atoms with E-state index in [1.54, 1.807) is 0 Å². The second kappa shape index (κ2) is 9.42. The largest absolute Gasteiger partial charge is 0.414 e. The molecule has 1 aromatic heterocycles. The van der Waals surface area contributed by atoms with Crippen molar-refractivity contribution in [2.24, 2.45) is 0 Å². The Morgan fingerprint density at radius 2 is 1.95 bits per heavy atom. The van der Waals surface area contributed by atoms with E-state index in [-0.39, 0.29) is 30.2 Å². The fourth-order valence-electron chi connectivity index (χ4n) is 1.79. The fourth-order valence-corrected chi connectivity index (χ4v) is 2.39. The molecule has 0 aromatic carbocycles. The number of hydrogen-bond donors (Lipinski definition) is 2. The molecule has 2 amide bonds. The molecule has 0 aliphatic heterocycles. The number of hydrogen-bond acceptors (Lipinski definition) is 7. The second-order valence-electron chi connectivity index (χ2n) is 4.81. The third-order valence-electron chi connectivity index (χ3n) is 2.86. The molecule has 0 radical (unpaired) electrons. The summed E-state index contributed by atoms with van der Waals surface area (Å²) in [7, 11) is 3.89. The molecule has 1 rings (SSSR count). The summed E-state index contributed by atoms with van der Waals surface area (Å²) in [4.78, 5) is 24.8. The van der Waals surface area contributed by atoms with E-state index in [0.717, 1.165) is 18.2 Å². The Morgan fingerprint density at radius 1 is 1.23 bits per heavy atom. The van der Waals surface area contributed by atoms with E-state index >= 15 is 0 Å². The topological polar surface area (TPSA) is 100 Å². The van der Waals surface area contributed by atoms with Crippen LogP contribution in [0, 0.1) is 0 Å². The van der Waals surface area contributed by atoms with Gasteiger partial charge in [-0.2, -0.15) is 0 Å². The summed E-state index contributed by atoms with van der Waals surface area (Å²) in [5.41, 5.74) is 0. The Morgan fingerprint density at radius 3 is 2.55 bits per heavy atom. The first-order chi connectivity index (χ1) is 10.5. The maximum absolute atomic E-state index is 11.6. The molecule has 1 atom stereocenters. The van der Waals surface area contributed by atoms with Gasteiger partial charge in [0.25, 0.3) is 5.22 Å². The maximum Gasteiger partial charge on any atom is 0.277 e. The molecule has 2 N–H and O–H groups in total. The normalized spacial score (nSPS) is 12.2. The first-order valence-electron chi connectivity index (χ1n) is 7.13. The van der Waals surface area contributed by atoms with Crippen LogP contribution in [0.4, 0.5) is 0 Å². The Kier molecular flexibility index (Phi) is 7.89. The van der Waals surface area contributed by atoms with E-state index in [9.17, 15) is 9.59 Å². The molecule has 0 unspecified atom stereocenters. The highest BCUT2D eigenvalue weighted by molar-refractivity contribution is 7.99. The Balaban J connectivity index is 2.40. The number of rotatable bonds is 9. The molecule has 8 nitrogen and oxygen atoms in total. The molecule has 0 bridgehead atoms. The zero-order chi connectivity index (χ0) is 16.5. The highest BCUT2D eigenvalue weighted by Crippen LogP contribution is 2.23. The molecule has 0 aliphatic rings. The van der Waals surface area contributed by atoms with Gasteiger partial charge in [-0.1, -0.05) is 18.7 Å². The Labute approximate surface area is 134 Å². The van der Waals surface area contributed by atoms with E-state index < -0.39 is 0 Å². The molecule has 9 heteroatoms. The molecule has 0 saturated heterocycles. The molecule has 1 aromatic rings. The van der Waals surface area contributed by atoms with Crippen molar-refractivity contribution in [3.05, 3.63) is 5.89 Å². The van der Waals surface area contributed by atoms with Crippen LogP contribution in [0.3, 0.4) is 0 Å². The van der Waals surface area contributed by atoms with Gasteiger partial charge < -0.3 is 15.1 Å². The van der Waals surface area contributed by atoms with E-state index in [0.29, 0.717) is 17.7 Å². The number of likely N-dealkylation sites (N-methyl/N-ethyl adjacent to an activating group) is 1. The summed E-state index contributed by atoms with van der Waals surface area (Å²) in [5, 5.41) is 13.4. The van der Waals surface area contributed by atoms with Crippen LogP contribution in [-0.4, -0.2) is 59.8 Å². The number of aromatic nitrogens is 2. The van der Waals surface area contributed by atoms with Crippen LogP contribution in [0.5, 0.6) is 0 Å². The van der Waals surface area contributed by atoms with Crippen LogP contribution in [0.1, 0.15) is 32.2 Å². The SMILES string of the molecule is CCNC(=O)CNC(=O)CSc1nnc([C@@H](CC)N(C)C)o1. The van der Waals surface area contributed by atoms with Gasteiger partial charge in [0, 0.05) is 6.54 Å². The predicted octanol–water partition coefficient (Wildman–Crippen LogP) is 0.427. The average Bonchev–Trinajstić information content (AvgIpc) is 2.92. The van der Waals surface area contributed by atoms with Gasteiger partial charge >= 0.3 is 0 Å². The summed E-state index contributed by atoms with van der Waals surface area (Å²) in [6, 6.07) is 0.0633. The maximum atomic E-state index is 11.6. The summed E-state index contributed by atoms with van der Waals surface area (Å²) in [6.45, 7) is 4.37. The zero-order valence-corrected chi connectivity index (χ0v) is 14.2. The molecule has 0 aliphatic carbocycles. The van der Waals surface area contributed by atoms with Crippen LogP contribution < -0.4 is 10.6 Å². The zero-order valence-electron chi connectivity index (χ0n) is 13.4. The highest BCUT2D eigenvalue weighted by Gasteiger charge is 2.19. The van der Waals surface area contributed by atoms with Gasteiger partial charge in [-0.15, -0.1) is 10.2 Å². The molecule has 22 heavy (non-hydrogen) atoms. The lowest BCUT2D eigenvalue weighted by atomic mass is 10.2. The van der Waals surface area contributed by atoms with Gasteiger partial charge in [0.2, 0.25) is 17.7 Å². The third-order valence-corrected chi connectivity index (χ3v) is 3.68. The van der Waals surface area contributed by atoms with Crippen molar-refractivity contribution in [2.75, 3.05) is 32.9 Å². The van der Waals surface area contributed by atoms with Gasteiger partial charge in [-0.25, -0.2) is 0 Å². The number of nitrogens with zero attached hydrogens (tertiary/aromatic N) is 3. The third kappa shape index (κ3) is 6.02. The van der Waals surface area contributed by atoms with Crippen molar-refractivity contribution in [2.45, 2.75) is 31.5 Å². The predicted molar refractivity (Wildman–Crippen MR) is 83.4 cm³/mol. The lowest BCUT2D eigenvalue weighted by molar-refractivity contribution is -0.124. The smallest absolute Gasteiger partial charge is 0.277 e. The highest BCUT2D eigenvalue weighted by atomic mass is 32.2. The molecular weight excluding hydrogens is 306 g/mol. The summed E-state index contributed by atoms with van der Waals surface area (Å²) >= 11 is 1.15. The van der Waals surface area contributed by atoms with Gasteiger partial charge in [0.1, 0.15) is 0 Å². The number of carbonyl (C=O) groups is 2. The summed E-state index contributed by atoms with van der Waals surface area (Å²) < 4.78 is 5.55. The quantitative estimate of drug-likeness (QED) is 0.634. The lowest BCUT2D eigenvalue weighted by Gasteiger charge is -2.18. The summed E-state index contributed by atoms with van der Waals surface area (Å²) in [5.74, 6) is 0.200. The van der Waals surface area contributed by atoms with Gasteiger partial charge in [-0.05, 0) is 27.4 Å². The number of nitrogens with one attached hydrogen (secondary N) is 2.